The molecule has 1 atom stereocenters. The van der Waals surface area contributed by atoms with E-state index in [4.69, 9.17) is 0 Å². The van der Waals surface area contributed by atoms with E-state index < -0.39 is 0 Å². The Bertz CT molecular complexity index is 1060. The number of β-amino-alcohol motifs (C(OH)–C–C–N with tert-alkyl or cyclic N) is 1. The van der Waals surface area contributed by atoms with E-state index in [1.54, 1.807) is 18.6 Å². The van der Waals surface area contributed by atoms with Gasteiger partial charge in [-0.2, -0.15) is 5.10 Å². The van der Waals surface area contributed by atoms with Crippen LogP contribution in [0.5, 0.6) is 0 Å². The third kappa shape index (κ3) is 4.40. The van der Waals surface area contributed by atoms with Crippen molar-refractivity contribution in [1.82, 2.24) is 24.6 Å². The van der Waals surface area contributed by atoms with Crippen LogP contribution in [0.1, 0.15) is 36.0 Å². The lowest BCUT2D eigenvalue weighted by Gasteiger charge is -2.49. The summed E-state index contributed by atoms with van der Waals surface area (Å²) >= 11 is 0. The highest BCUT2D eigenvalue weighted by Gasteiger charge is 2.42. The molecule has 1 N–H and O–H groups in total. The van der Waals surface area contributed by atoms with E-state index in [0.29, 0.717) is 6.54 Å². The van der Waals surface area contributed by atoms with Crippen LogP contribution in [-0.2, 0) is 6.54 Å². The zero-order valence-electron chi connectivity index (χ0n) is 19.0. The van der Waals surface area contributed by atoms with Crippen molar-refractivity contribution in [1.29, 1.82) is 0 Å². The fraction of sp³-hybridized carbons (Fsp3) is 0.480. The molecule has 2 aliphatic rings. The van der Waals surface area contributed by atoms with E-state index in [1.807, 2.05) is 10.9 Å². The van der Waals surface area contributed by atoms with Gasteiger partial charge in [0.05, 0.1) is 24.2 Å². The summed E-state index contributed by atoms with van der Waals surface area (Å²) in [6, 6.07) is 6.47. The number of aliphatic hydroxyl groups is 1. The second-order valence-corrected chi connectivity index (χ2v) is 9.64. The van der Waals surface area contributed by atoms with Crippen LogP contribution in [0.3, 0.4) is 0 Å². The summed E-state index contributed by atoms with van der Waals surface area (Å²) in [5, 5.41) is 15.2. The molecular formula is C25H32N6O. The molecule has 2 saturated heterocycles. The van der Waals surface area contributed by atoms with Crippen molar-refractivity contribution in [2.24, 2.45) is 5.41 Å². The van der Waals surface area contributed by atoms with Gasteiger partial charge in [-0.3, -0.25) is 9.88 Å². The number of nitrogens with zero attached hydrogens (tertiary/aromatic N) is 6. The summed E-state index contributed by atoms with van der Waals surface area (Å²) in [5.41, 5.74) is 5.08. The van der Waals surface area contributed by atoms with Crippen LogP contribution in [0.2, 0.25) is 0 Å². The molecule has 4 heterocycles. The van der Waals surface area contributed by atoms with Gasteiger partial charge in [-0.1, -0.05) is 6.07 Å². The van der Waals surface area contributed by atoms with Crippen molar-refractivity contribution < 1.29 is 5.11 Å². The second kappa shape index (κ2) is 8.64. The maximum absolute atomic E-state index is 10.6. The molecule has 7 nitrogen and oxygen atoms in total. The SMILES string of the molecule is Cc1ccc(-n2cc(CN3CCC4(CC3)CC(O)CN(c3cnccn3)C4)cn2)cc1C. The van der Waals surface area contributed by atoms with Gasteiger partial charge in [0.2, 0.25) is 0 Å². The van der Waals surface area contributed by atoms with Gasteiger partial charge in [0.1, 0.15) is 5.82 Å². The molecule has 0 saturated carbocycles. The molecule has 5 rings (SSSR count). The fourth-order valence-electron chi connectivity index (χ4n) is 5.24. The summed E-state index contributed by atoms with van der Waals surface area (Å²) in [6.45, 7) is 8.85. The third-order valence-corrected chi connectivity index (χ3v) is 7.21. The van der Waals surface area contributed by atoms with Gasteiger partial charge in [-0.15, -0.1) is 0 Å². The first-order valence-electron chi connectivity index (χ1n) is 11.5. The number of benzene rings is 1. The van der Waals surface area contributed by atoms with Crippen molar-refractivity contribution in [3.63, 3.8) is 0 Å². The van der Waals surface area contributed by atoms with Crippen LogP contribution in [0.4, 0.5) is 5.82 Å². The minimum Gasteiger partial charge on any atom is -0.391 e. The van der Waals surface area contributed by atoms with E-state index >= 15 is 0 Å². The lowest BCUT2D eigenvalue weighted by Crippen LogP contribution is -2.54. The summed E-state index contributed by atoms with van der Waals surface area (Å²) in [5.74, 6) is 0.867. The number of aromatic nitrogens is 4. The second-order valence-electron chi connectivity index (χ2n) is 9.64. The number of rotatable bonds is 4. The maximum atomic E-state index is 10.6. The molecule has 0 bridgehead atoms. The highest BCUT2D eigenvalue weighted by Crippen LogP contribution is 2.41. The summed E-state index contributed by atoms with van der Waals surface area (Å²) in [4.78, 5) is 13.4. The predicted octanol–water partition coefficient (Wildman–Crippen LogP) is 3.13. The van der Waals surface area contributed by atoms with Crippen LogP contribution in [0.15, 0.2) is 49.2 Å². The van der Waals surface area contributed by atoms with Crippen molar-refractivity contribution >= 4 is 5.82 Å². The molecular weight excluding hydrogens is 400 g/mol. The van der Waals surface area contributed by atoms with Gasteiger partial charge in [-0.25, -0.2) is 9.67 Å². The summed E-state index contributed by atoms with van der Waals surface area (Å²) < 4.78 is 1.98. The Labute approximate surface area is 189 Å². The predicted molar refractivity (Wildman–Crippen MR) is 125 cm³/mol. The standard InChI is InChI=1S/C25H32N6O/c1-19-3-4-22(11-20(19)2)31-16-21(13-28-31)15-29-9-5-25(6-10-29)12-23(32)17-30(18-25)24-14-26-7-8-27-24/h3-4,7-8,11,13-14,16,23,32H,5-6,9-10,12,15,17-18H2,1-2H3. The first kappa shape index (κ1) is 21.1. The van der Waals surface area contributed by atoms with Crippen LogP contribution < -0.4 is 4.90 Å². The number of likely N-dealkylation sites (tertiary alicyclic amines) is 1. The zero-order valence-corrected chi connectivity index (χ0v) is 19.0. The topological polar surface area (TPSA) is 70.3 Å². The van der Waals surface area contributed by atoms with Crippen LogP contribution in [0, 0.1) is 19.3 Å². The molecule has 1 unspecified atom stereocenters. The molecule has 2 aromatic heterocycles. The van der Waals surface area contributed by atoms with Crippen molar-refractivity contribution in [3.05, 3.63) is 65.9 Å². The Kier molecular flexibility index (Phi) is 5.69. The van der Waals surface area contributed by atoms with Crippen molar-refractivity contribution in [2.75, 3.05) is 31.1 Å². The van der Waals surface area contributed by atoms with E-state index in [-0.39, 0.29) is 11.5 Å². The van der Waals surface area contributed by atoms with Crippen LogP contribution in [0.25, 0.3) is 5.69 Å². The van der Waals surface area contributed by atoms with Crippen LogP contribution in [-0.4, -0.2) is 62.0 Å². The number of aryl methyl sites for hydroxylation is 2. The highest BCUT2D eigenvalue weighted by atomic mass is 16.3. The molecule has 32 heavy (non-hydrogen) atoms. The van der Waals surface area contributed by atoms with Gasteiger partial charge >= 0.3 is 0 Å². The first-order valence-corrected chi connectivity index (χ1v) is 11.5. The minimum atomic E-state index is -0.312. The van der Waals surface area contributed by atoms with Crippen molar-refractivity contribution in [2.45, 2.75) is 45.8 Å². The van der Waals surface area contributed by atoms with Gasteiger partial charge in [-0.05, 0) is 74.9 Å². The van der Waals surface area contributed by atoms with Gasteiger partial charge in [0, 0.05) is 43.8 Å². The lowest BCUT2D eigenvalue weighted by molar-refractivity contribution is 0.0244. The number of anilines is 1. The fourth-order valence-corrected chi connectivity index (χ4v) is 5.24. The monoisotopic (exact) mass is 432 g/mol. The van der Waals surface area contributed by atoms with Gasteiger partial charge in [0.25, 0.3) is 0 Å². The van der Waals surface area contributed by atoms with E-state index in [1.165, 1.54) is 16.7 Å². The lowest BCUT2D eigenvalue weighted by atomic mass is 9.71. The largest absolute Gasteiger partial charge is 0.391 e. The maximum Gasteiger partial charge on any atom is 0.147 e. The van der Waals surface area contributed by atoms with Crippen molar-refractivity contribution in [3.8, 4) is 5.69 Å². The molecule has 168 valence electrons. The van der Waals surface area contributed by atoms with E-state index in [2.05, 4.69) is 63.1 Å². The molecule has 2 aliphatic heterocycles. The quantitative estimate of drug-likeness (QED) is 0.683. The smallest absolute Gasteiger partial charge is 0.147 e. The molecule has 1 aromatic carbocycles. The average molecular weight is 433 g/mol. The molecule has 0 amide bonds. The molecule has 0 aliphatic carbocycles. The average Bonchev–Trinajstić information content (AvgIpc) is 3.26. The first-order chi connectivity index (χ1) is 15.5. The summed E-state index contributed by atoms with van der Waals surface area (Å²) in [6.07, 6.45) is 12.1. The van der Waals surface area contributed by atoms with Crippen LogP contribution >= 0.6 is 0 Å². The molecule has 0 radical (unpaired) electrons. The number of hydrogen-bond acceptors (Lipinski definition) is 6. The number of piperidine rings is 2. The van der Waals surface area contributed by atoms with Gasteiger partial charge in [0.15, 0.2) is 0 Å². The van der Waals surface area contributed by atoms with Gasteiger partial charge < -0.3 is 10.0 Å². The number of hydrogen-bond donors (Lipinski definition) is 1. The summed E-state index contributed by atoms with van der Waals surface area (Å²) in [7, 11) is 0. The minimum absolute atomic E-state index is 0.148. The molecule has 3 aromatic rings. The van der Waals surface area contributed by atoms with E-state index in [9.17, 15) is 5.11 Å². The number of aliphatic hydroxyl groups excluding tert-OH is 1. The Morgan fingerprint density at radius 1 is 1.09 bits per heavy atom. The Morgan fingerprint density at radius 2 is 1.94 bits per heavy atom. The Balaban J connectivity index is 1.21. The zero-order chi connectivity index (χ0) is 22.1. The molecule has 7 heteroatoms. The third-order valence-electron chi connectivity index (χ3n) is 7.21. The normalized spacial score (nSPS) is 21.2. The molecule has 1 spiro atoms. The van der Waals surface area contributed by atoms with E-state index in [0.717, 1.165) is 56.9 Å². The Morgan fingerprint density at radius 3 is 2.69 bits per heavy atom. The Hall–Kier alpha value is -2.77. The highest BCUT2D eigenvalue weighted by molar-refractivity contribution is 5.39. The molecule has 2 fully saturated rings.